The second-order valence-electron chi connectivity index (χ2n) is 3.82. The van der Waals surface area contributed by atoms with Gasteiger partial charge in [0.05, 0.1) is 22.8 Å². The Morgan fingerprint density at radius 1 is 1.47 bits per heavy atom. The van der Waals surface area contributed by atoms with Gasteiger partial charge in [-0.05, 0) is 0 Å². The molecule has 0 radical (unpaired) electrons. The molecule has 0 bridgehead atoms. The normalized spacial score (nSPS) is 11.6. The average Bonchev–Trinajstić information content (AvgIpc) is 2.27. The first kappa shape index (κ1) is 15.6. The van der Waals surface area contributed by atoms with E-state index in [9.17, 15) is 18.5 Å². The van der Waals surface area contributed by atoms with Gasteiger partial charge in [-0.1, -0.05) is 11.6 Å². The van der Waals surface area contributed by atoms with Crippen molar-refractivity contribution in [3.8, 4) is 0 Å². The maximum Gasteiger partial charge on any atom is 0.276 e. The fourth-order valence-electron chi connectivity index (χ4n) is 1.17. The van der Waals surface area contributed by atoms with Gasteiger partial charge < -0.3 is 5.32 Å². The highest BCUT2D eigenvalue weighted by Crippen LogP contribution is 2.20. The van der Waals surface area contributed by atoms with Crippen LogP contribution in [0.2, 0.25) is 5.15 Å². The van der Waals surface area contributed by atoms with Gasteiger partial charge in [0.2, 0.25) is 10.0 Å². The lowest BCUT2D eigenvalue weighted by Crippen LogP contribution is -2.28. The fraction of sp³-hybridized carbons (Fsp3) is 0.444. The Kier molecular flexibility index (Phi) is 5.04. The third-order valence-corrected chi connectivity index (χ3v) is 4.24. The molecular formula is C9H13ClN4O4S. The molecule has 106 valence electrons. The van der Waals surface area contributed by atoms with Gasteiger partial charge in [0.15, 0.2) is 0 Å². The molecule has 0 amide bonds. The van der Waals surface area contributed by atoms with Crippen LogP contribution in [0, 0.1) is 10.1 Å². The number of pyridine rings is 1. The van der Waals surface area contributed by atoms with Crippen molar-refractivity contribution < 1.29 is 13.3 Å². The molecule has 0 aliphatic rings. The first-order chi connectivity index (χ1) is 8.72. The Hall–Kier alpha value is -1.45. The molecule has 1 aromatic rings. The summed E-state index contributed by atoms with van der Waals surface area (Å²) in [6.45, 7) is 0.0744. The van der Waals surface area contributed by atoms with Crippen LogP contribution in [0.5, 0.6) is 0 Å². The van der Waals surface area contributed by atoms with Crippen LogP contribution in [0.3, 0.4) is 0 Å². The fourth-order valence-corrected chi connectivity index (χ4v) is 2.10. The summed E-state index contributed by atoms with van der Waals surface area (Å²) in [5, 5.41) is 13.3. The molecule has 0 atom stereocenters. The summed E-state index contributed by atoms with van der Waals surface area (Å²) in [6, 6.07) is 2.30. The van der Waals surface area contributed by atoms with Crippen LogP contribution in [0.15, 0.2) is 12.1 Å². The van der Waals surface area contributed by atoms with Gasteiger partial charge in [-0.25, -0.2) is 17.7 Å². The lowest BCUT2D eigenvalue weighted by Gasteiger charge is -2.11. The summed E-state index contributed by atoms with van der Waals surface area (Å²) in [7, 11) is -0.472. The van der Waals surface area contributed by atoms with Crippen molar-refractivity contribution in [2.45, 2.75) is 0 Å². The van der Waals surface area contributed by atoms with E-state index in [-0.39, 0.29) is 29.0 Å². The van der Waals surface area contributed by atoms with Gasteiger partial charge in [0, 0.05) is 20.6 Å². The van der Waals surface area contributed by atoms with E-state index in [1.54, 1.807) is 0 Å². The van der Waals surface area contributed by atoms with E-state index in [0.717, 1.165) is 10.4 Å². The number of aromatic nitrogens is 1. The van der Waals surface area contributed by atoms with Gasteiger partial charge in [-0.15, -0.1) is 0 Å². The Labute approximate surface area is 115 Å². The lowest BCUT2D eigenvalue weighted by atomic mass is 10.4. The van der Waals surface area contributed by atoms with E-state index in [0.29, 0.717) is 0 Å². The number of nitro groups is 1. The number of nitrogens with zero attached hydrogens (tertiary/aromatic N) is 3. The maximum absolute atomic E-state index is 11.5. The summed E-state index contributed by atoms with van der Waals surface area (Å²) in [6.07, 6.45) is 0. The van der Waals surface area contributed by atoms with E-state index in [1.807, 2.05) is 0 Å². The summed E-state index contributed by atoms with van der Waals surface area (Å²) in [4.78, 5) is 13.8. The van der Waals surface area contributed by atoms with Gasteiger partial charge in [-0.2, -0.15) is 0 Å². The minimum Gasteiger partial charge on any atom is -0.369 e. The smallest absolute Gasteiger partial charge is 0.276 e. The molecule has 0 unspecified atom stereocenters. The van der Waals surface area contributed by atoms with E-state index in [4.69, 9.17) is 11.6 Å². The zero-order chi connectivity index (χ0) is 14.6. The zero-order valence-electron chi connectivity index (χ0n) is 10.3. The molecule has 0 aliphatic carbocycles. The topological polar surface area (TPSA) is 105 Å². The van der Waals surface area contributed by atoms with E-state index in [2.05, 4.69) is 10.3 Å². The second-order valence-corrected chi connectivity index (χ2v) is 6.51. The number of halogens is 1. The van der Waals surface area contributed by atoms with Crippen molar-refractivity contribution in [1.82, 2.24) is 9.29 Å². The number of sulfonamides is 1. The van der Waals surface area contributed by atoms with Crippen molar-refractivity contribution in [3.05, 3.63) is 27.4 Å². The number of anilines is 1. The standard InChI is InChI=1S/C9H13ClN4O4S/c1-13(2)19(17,18)4-3-11-9-6-7(14(15)16)5-8(10)12-9/h5-6H,3-4H2,1-2H3,(H,11,12). The molecule has 0 spiro atoms. The number of hydrogen-bond donors (Lipinski definition) is 1. The van der Waals surface area contributed by atoms with Crippen molar-refractivity contribution >= 4 is 33.1 Å². The molecule has 10 heteroatoms. The van der Waals surface area contributed by atoms with Crippen LogP contribution in [0.25, 0.3) is 0 Å². The van der Waals surface area contributed by atoms with Gasteiger partial charge >= 0.3 is 0 Å². The Bertz CT molecular complexity index is 576. The molecule has 0 saturated heterocycles. The average molecular weight is 309 g/mol. The largest absolute Gasteiger partial charge is 0.369 e. The van der Waals surface area contributed by atoms with Gasteiger partial charge in [0.1, 0.15) is 11.0 Å². The summed E-state index contributed by atoms with van der Waals surface area (Å²) < 4.78 is 24.1. The summed E-state index contributed by atoms with van der Waals surface area (Å²) in [5.41, 5.74) is -0.210. The van der Waals surface area contributed by atoms with Crippen LogP contribution in [-0.2, 0) is 10.0 Å². The molecule has 0 saturated carbocycles. The summed E-state index contributed by atoms with van der Waals surface area (Å²) in [5.74, 6) is 0.00953. The van der Waals surface area contributed by atoms with Crippen molar-refractivity contribution in [3.63, 3.8) is 0 Å². The van der Waals surface area contributed by atoms with Gasteiger partial charge in [-0.3, -0.25) is 10.1 Å². The Balaban J connectivity index is 2.71. The van der Waals surface area contributed by atoms with Crippen molar-refractivity contribution in [1.29, 1.82) is 0 Å². The third kappa shape index (κ3) is 4.62. The first-order valence-electron chi connectivity index (χ1n) is 5.18. The minimum absolute atomic E-state index is 0.0350. The van der Waals surface area contributed by atoms with Crippen molar-refractivity contribution in [2.24, 2.45) is 0 Å². The number of rotatable bonds is 6. The maximum atomic E-state index is 11.5. The van der Waals surface area contributed by atoms with E-state index in [1.165, 1.54) is 20.2 Å². The highest BCUT2D eigenvalue weighted by Gasteiger charge is 2.14. The molecule has 1 rings (SSSR count). The van der Waals surface area contributed by atoms with Gasteiger partial charge in [0.25, 0.3) is 5.69 Å². The first-order valence-corrected chi connectivity index (χ1v) is 7.17. The minimum atomic E-state index is -3.33. The highest BCUT2D eigenvalue weighted by atomic mass is 35.5. The molecular weight excluding hydrogens is 296 g/mol. The van der Waals surface area contributed by atoms with E-state index < -0.39 is 14.9 Å². The Morgan fingerprint density at radius 2 is 2.11 bits per heavy atom. The SMILES string of the molecule is CN(C)S(=O)(=O)CCNc1cc([N+](=O)[O-])cc(Cl)n1. The predicted molar refractivity (Wildman–Crippen MR) is 71.9 cm³/mol. The molecule has 0 fully saturated rings. The molecule has 0 aliphatic heterocycles. The molecule has 1 heterocycles. The lowest BCUT2D eigenvalue weighted by molar-refractivity contribution is -0.384. The third-order valence-electron chi connectivity index (χ3n) is 2.21. The highest BCUT2D eigenvalue weighted by molar-refractivity contribution is 7.89. The van der Waals surface area contributed by atoms with Crippen LogP contribution in [-0.4, -0.2) is 49.0 Å². The number of hydrogen-bond acceptors (Lipinski definition) is 6. The van der Waals surface area contributed by atoms with Crippen LogP contribution >= 0.6 is 11.6 Å². The number of nitrogens with one attached hydrogen (secondary N) is 1. The van der Waals surface area contributed by atoms with Crippen molar-refractivity contribution in [2.75, 3.05) is 31.7 Å². The molecule has 1 aromatic heterocycles. The molecule has 0 aromatic carbocycles. The Morgan fingerprint density at radius 3 is 2.63 bits per heavy atom. The summed E-state index contributed by atoms with van der Waals surface area (Å²) >= 11 is 5.63. The van der Waals surface area contributed by atoms with Crippen LogP contribution in [0.1, 0.15) is 0 Å². The monoisotopic (exact) mass is 308 g/mol. The van der Waals surface area contributed by atoms with E-state index >= 15 is 0 Å². The van der Waals surface area contributed by atoms with Crippen LogP contribution < -0.4 is 5.32 Å². The second kappa shape index (κ2) is 6.13. The predicted octanol–water partition coefficient (Wildman–Crippen LogP) is 0.946. The quantitative estimate of drug-likeness (QED) is 0.476. The molecule has 8 nitrogen and oxygen atoms in total. The zero-order valence-corrected chi connectivity index (χ0v) is 11.9. The molecule has 1 N–H and O–H groups in total. The molecule has 19 heavy (non-hydrogen) atoms. The van der Waals surface area contributed by atoms with Crippen LogP contribution in [0.4, 0.5) is 11.5 Å².